The second-order valence-corrected chi connectivity index (χ2v) is 15.7. The van der Waals surface area contributed by atoms with Crippen molar-refractivity contribution in [2.24, 2.45) is 5.73 Å². The molecule has 1 amide bonds. The van der Waals surface area contributed by atoms with Crippen LogP contribution in [0.2, 0.25) is 0 Å². The van der Waals surface area contributed by atoms with Crippen molar-refractivity contribution in [3.8, 4) is 0 Å². The number of rotatable bonds is 12. The first kappa shape index (κ1) is 44.3. The van der Waals surface area contributed by atoms with E-state index in [0.717, 1.165) is 43.7 Å². The Balaban J connectivity index is 0.000000213. The Morgan fingerprint density at radius 2 is 1.26 bits per heavy atom. The van der Waals surface area contributed by atoms with Crippen molar-refractivity contribution in [3.63, 3.8) is 0 Å². The molecule has 0 saturated carbocycles. The monoisotopic (exact) mass is 838 g/mol. The minimum atomic E-state index is -1.03. The van der Waals surface area contributed by atoms with Crippen LogP contribution in [-0.4, -0.2) is 65.0 Å². The molecule has 320 valence electrons. The van der Waals surface area contributed by atoms with E-state index < -0.39 is 41.7 Å². The lowest BCUT2D eigenvalue weighted by molar-refractivity contribution is -0.146. The number of carboxylic acids is 1. The van der Waals surface area contributed by atoms with E-state index in [-0.39, 0.29) is 24.0 Å². The van der Waals surface area contributed by atoms with Gasteiger partial charge in [-0.15, -0.1) is 0 Å². The number of carbonyl (C=O) groups excluding carboxylic acids is 3. The van der Waals surface area contributed by atoms with Gasteiger partial charge in [-0.2, -0.15) is 0 Å². The molecule has 0 saturated heterocycles. The number of alkyl carbamates (subject to hydrolysis) is 1. The zero-order valence-corrected chi connectivity index (χ0v) is 35.2. The Labute approximate surface area is 358 Å². The first-order valence-corrected chi connectivity index (χ1v) is 20.3. The second-order valence-electron chi connectivity index (χ2n) is 15.7. The van der Waals surface area contributed by atoms with E-state index in [9.17, 15) is 29.1 Å². The number of aromatic amines is 1. The highest BCUT2D eigenvalue weighted by atomic mass is 16.6. The van der Waals surface area contributed by atoms with Crippen LogP contribution in [0.5, 0.6) is 0 Å². The number of aromatic nitrogens is 1. The number of amides is 1. The summed E-state index contributed by atoms with van der Waals surface area (Å²) in [5.74, 6) is -2.01. The van der Waals surface area contributed by atoms with E-state index in [1.807, 2.05) is 78.9 Å². The number of benzene rings is 6. The highest BCUT2D eigenvalue weighted by Gasteiger charge is 2.26. The zero-order chi connectivity index (χ0) is 44.6. The zero-order valence-electron chi connectivity index (χ0n) is 35.2. The number of hydrogen-bond acceptors (Lipinski definition) is 10. The summed E-state index contributed by atoms with van der Waals surface area (Å²) in [6, 6.07) is 33.9. The van der Waals surface area contributed by atoms with E-state index in [2.05, 4.69) is 15.6 Å². The Morgan fingerprint density at radius 3 is 1.87 bits per heavy atom. The lowest BCUT2D eigenvalue weighted by Gasteiger charge is -2.23. The van der Waals surface area contributed by atoms with E-state index in [1.54, 1.807) is 71.0 Å². The maximum Gasteiger partial charge on any atom is 0.408 e. The fourth-order valence-electron chi connectivity index (χ4n) is 6.95. The van der Waals surface area contributed by atoms with Crippen LogP contribution in [0, 0.1) is 0 Å². The Morgan fingerprint density at radius 1 is 0.694 bits per heavy atom. The Hall–Kier alpha value is -7.25. The van der Waals surface area contributed by atoms with Gasteiger partial charge >= 0.3 is 24.0 Å². The molecule has 6 aromatic carbocycles. The third-order valence-corrected chi connectivity index (χ3v) is 9.82. The number of nitrogens with two attached hydrogens (primary N) is 1. The predicted octanol–water partition coefficient (Wildman–Crippen LogP) is 8.55. The van der Waals surface area contributed by atoms with Gasteiger partial charge in [0.05, 0.1) is 30.0 Å². The molecule has 1 heterocycles. The summed E-state index contributed by atoms with van der Waals surface area (Å²) in [6.45, 7) is 9.14. The van der Waals surface area contributed by atoms with Crippen molar-refractivity contribution in [1.82, 2.24) is 10.3 Å². The molecule has 0 unspecified atom stereocenters. The van der Waals surface area contributed by atoms with E-state index in [1.165, 1.54) is 0 Å². The largest absolute Gasteiger partial charge is 0.478 e. The highest BCUT2D eigenvalue weighted by Crippen LogP contribution is 2.28. The summed E-state index contributed by atoms with van der Waals surface area (Å²) in [7, 11) is 0. The summed E-state index contributed by atoms with van der Waals surface area (Å²) in [6.07, 6.45) is -0.176. The van der Waals surface area contributed by atoms with Gasteiger partial charge in [0.25, 0.3) is 0 Å². The normalized spacial score (nSPS) is 12.2. The first-order valence-electron chi connectivity index (χ1n) is 20.3. The van der Waals surface area contributed by atoms with Gasteiger partial charge in [0.2, 0.25) is 0 Å². The van der Waals surface area contributed by atoms with E-state index >= 15 is 0 Å². The van der Waals surface area contributed by atoms with Crippen LogP contribution in [0.4, 0.5) is 16.2 Å². The van der Waals surface area contributed by atoms with E-state index in [4.69, 9.17) is 19.9 Å². The topological polar surface area (TPSA) is 199 Å². The molecule has 0 aliphatic heterocycles. The molecule has 0 radical (unpaired) electrons. The Kier molecular flexibility index (Phi) is 13.9. The standard InChI is InChI=1S/C27H30N2O6.C22H20N2O3/c1-5-34-25(32)23(29-26(33)35-27(2,3)4)14-17-10-12-20(13-11-17)28-22-16-19-9-7-6-8-18(19)15-21(22)24(30)31;1-2-27-22(26)18(23)10-13-7-8-19-16(9-13)21(25)17-11-14-5-3-4-6-15(14)12-20(17)24-19/h6-13,15-16,23,28H,5,14H2,1-4H3,(H,29,33)(H,30,31);3-9,11-12,18H,2,10,23H2,1H3,(H,24,25)/t23-;18-/m11/s1. The van der Waals surface area contributed by atoms with Crippen LogP contribution in [0.25, 0.3) is 43.4 Å². The van der Waals surface area contributed by atoms with Gasteiger partial charge in [0.1, 0.15) is 17.7 Å². The van der Waals surface area contributed by atoms with Crippen LogP contribution in [0.3, 0.4) is 0 Å². The SMILES string of the molecule is CCOC(=O)[C@@H](Cc1ccc(Nc2cc3ccccc3cc2C(=O)O)cc1)NC(=O)OC(C)(C)C.CCOC(=O)[C@H](N)Cc1ccc2[nH]c3cc4ccccc4cc3c(=O)c2c1. The number of pyridine rings is 1. The quantitative estimate of drug-likeness (QED) is 0.0449. The number of esters is 2. The van der Waals surface area contributed by atoms with Gasteiger partial charge in [-0.1, -0.05) is 66.7 Å². The van der Waals surface area contributed by atoms with Crippen molar-refractivity contribution in [2.75, 3.05) is 18.5 Å². The molecule has 1 aromatic heterocycles. The number of aromatic carboxylic acids is 1. The fraction of sp³-hybridized carbons (Fsp3) is 0.245. The number of carbonyl (C=O) groups is 4. The summed E-state index contributed by atoms with van der Waals surface area (Å²) >= 11 is 0. The van der Waals surface area contributed by atoms with Crippen LogP contribution in [-0.2, 0) is 36.6 Å². The molecule has 2 atom stereocenters. The maximum absolute atomic E-state index is 13.1. The number of carboxylic acid groups (broad SMARTS) is 1. The molecular formula is C49H50N4O9. The lowest BCUT2D eigenvalue weighted by atomic mass is 10.0. The number of H-pyrrole nitrogens is 1. The number of nitrogens with one attached hydrogen (secondary N) is 3. The Bertz CT molecular complexity index is 2830. The molecular weight excluding hydrogens is 789 g/mol. The van der Waals surface area contributed by atoms with Gasteiger partial charge < -0.3 is 40.7 Å². The highest BCUT2D eigenvalue weighted by molar-refractivity contribution is 6.02. The third-order valence-electron chi connectivity index (χ3n) is 9.82. The van der Waals surface area contributed by atoms with Gasteiger partial charge in [0, 0.05) is 28.4 Å². The molecule has 0 fully saturated rings. The first-order chi connectivity index (χ1) is 29.6. The van der Waals surface area contributed by atoms with Crippen LogP contribution in [0.15, 0.2) is 120 Å². The number of anilines is 2. The van der Waals surface area contributed by atoms with Crippen LogP contribution >= 0.6 is 0 Å². The average molecular weight is 839 g/mol. The molecule has 6 N–H and O–H groups in total. The summed E-state index contributed by atoms with van der Waals surface area (Å²) in [5, 5.41) is 20.5. The maximum atomic E-state index is 13.1. The summed E-state index contributed by atoms with van der Waals surface area (Å²) in [5.41, 5.74) is 9.67. The minimum Gasteiger partial charge on any atom is -0.478 e. The average Bonchev–Trinajstić information content (AvgIpc) is 3.23. The van der Waals surface area contributed by atoms with Gasteiger partial charge in [0.15, 0.2) is 5.43 Å². The molecule has 7 rings (SSSR count). The molecule has 0 bridgehead atoms. The summed E-state index contributed by atoms with van der Waals surface area (Å²) in [4.78, 5) is 64.6. The molecule has 0 spiro atoms. The van der Waals surface area contributed by atoms with Crippen molar-refractivity contribution < 1.29 is 38.5 Å². The number of ether oxygens (including phenoxy) is 3. The van der Waals surface area contributed by atoms with E-state index in [0.29, 0.717) is 35.2 Å². The van der Waals surface area contributed by atoms with Crippen LogP contribution < -0.4 is 21.8 Å². The predicted molar refractivity (Wildman–Crippen MR) is 242 cm³/mol. The van der Waals surface area contributed by atoms with Crippen molar-refractivity contribution in [1.29, 1.82) is 0 Å². The molecule has 0 aliphatic rings. The molecule has 13 heteroatoms. The van der Waals surface area contributed by atoms with Gasteiger partial charge in [-0.3, -0.25) is 9.59 Å². The number of hydrogen-bond donors (Lipinski definition) is 5. The molecule has 7 aromatic rings. The smallest absolute Gasteiger partial charge is 0.408 e. The van der Waals surface area contributed by atoms with Crippen molar-refractivity contribution in [2.45, 2.75) is 65.1 Å². The van der Waals surface area contributed by atoms with Gasteiger partial charge in [-0.05, 0) is 122 Å². The minimum absolute atomic E-state index is 0.0314. The lowest BCUT2D eigenvalue weighted by Crippen LogP contribution is -2.45. The summed E-state index contributed by atoms with van der Waals surface area (Å²) < 4.78 is 15.3. The number of fused-ring (bicyclic) bond motifs is 4. The second kappa shape index (κ2) is 19.4. The fourth-order valence-corrected chi connectivity index (χ4v) is 6.95. The third kappa shape index (κ3) is 11.1. The van der Waals surface area contributed by atoms with Gasteiger partial charge in [-0.25, -0.2) is 14.4 Å². The van der Waals surface area contributed by atoms with Crippen molar-refractivity contribution in [3.05, 3.63) is 142 Å². The molecule has 62 heavy (non-hydrogen) atoms. The van der Waals surface area contributed by atoms with Crippen molar-refractivity contribution >= 4 is 78.7 Å². The molecule has 0 aliphatic carbocycles. The molecule has 13 nitrogen and oxygen atoms in total. The van der Waals surface area contributed by atoms with Crippen LogP contribution in [0.1, 0.15) is 56.1 Å².